The maximum Gasteiger partial charge on any atom is 0.336 e. The van der Waals surface area contributed by atoms with Gasteiger partial charge in [0.1, 0.15) is 5.58 Å². The summed E-state index contributed by atoms with van der Waals surface area (Å²) >= 11 is 0. The average Bonchev–Trinajstić information content (AvgIpc) is 2.55. The number of sulfonamides is 1. The molecule has 0 bridgehead atoms. The standard InChI is InChI=1S/C16H14N2O4S/c19-16-6-3-13-10-14(4-5-15(13)22-16)23(20,21)18-9-7-12-2-1-8-17-11-12/h1-6,8,10-11,18H,7,9H2. The van der Waals surface area contributed by atoms with Crippen molar-refractivity contribution < 1.29 is 12.8 Å². The Hall–Kier alpha value is -2.51. The van der Waals surface area contributed by atoms with Crippen molar-refractivity contribution in [3.05, 3.63) is 70.8 Å². The van der Waals surface area contributed by atoms with E-state index in [0.717, 1.165) is 5.56 Å². The zero-order valence-electron chi connectivity index (χ0n) is 12.1. The summed E-state index contributed by atoms with van der Waals surface area (Å²) in [6.45, 7) is 0.274. The SMILES string of the molecule is O=c1ccc2cc(S(=O)(=O)NCCc3cccnc3)ccc2o1. The molecule has 0 amide bonds. The monoisotopic (exact) mass is 330 g/mol. The lowest BCUT2D eigenvalue weighted by atomic mass is 10.2. The van der Waals surface area contributed by atoms with Gasteiger partial charge in [0.05, 0.1) is 4.90 Å². The molecule has 3 rings (SSSR count). The van der Waals surface area contributed by atoms with Crippen LogP contribution in [0.5, 0.6) is 0 Å². The molecule has 0 aliphatic carbocycles. The van der Waals surface area contributed by atoms with Crippen molar-refractivity contribution in [3.8, 4) is 0 Å². The first-order chi connectivity index (χ1) is 11.0. The first-order valence-electron chi connectivity index (χ1n) is 6.97. The molecule has 0 aliphatic rings. The average molecular weight is 330 g/mol. The number of pyridine rings is 1. The van der Waals surface area contributed by atoms with E-state index in [0.29, 0.717) is 17.4 Å². The molecule has 1 N–H and O–H groups in total. The van der Waals surface area contributed by atoms with Crippen molar-refractivity contribution >= 4 is 21.0 Å². The van der Waals surface area contributed by atoms with Crippen LogP contribution in [0.3, 0.4) is 0 Å². The van der Waals surface area contributed by atoms with Crippen LogP contribution in [0.15, 0.2) is 69.0 Å². The third-order valence-corrected chi connectivity index (χ3v) is 4.79. The van der Waals surface area contributed by atoms with Gasteiger partial charge in [0.2, 0.25) is 10.0 Å². The van der Waals surface area contributed by atoms with E-state index in [1.54, 1.807) is 18.5 Å². The first kappa shape index (κ1) is 15.4. The van der Waals surface area contributed by atoms with Crippen LogP contribution in [0.4, 0.5) is 0 Å². The number of hydrogen-bond acceptors (Lipinski definition) is 5. The van der Waals surface area contributed by atoms with E-state index in [-0.39, 0.29) is 11.4 Å². The summed E-state index contributed by atoms with van der Waals surface area (Å²) in [5, 5.41) is 0.555. The van der Waals surface area contributed by atoms with Crippen LogP contribution in [-0.4, -0.2) is 19.9 Å². The molecule has 0 atom stereocenters. The molecule has 0 aliphatic heterocycles. The molecular weight excluding hydrogens is 316 g/mol. The van der Waals surface area contributed by atoms with Gasteiger partial charge in [0, 0.05) is 30.4 Å². The quantitative estimate of drug-likeness (QED) is 0.719. The van der Waals surface area contributed by atoms with Crippen LogP contribution in [0, 0.1) is 0 Å². The Morgan fingerprint density at radius 3 is 2.78 bits per heavy atom. The first-order valence-corrected chi connectivity index (χ1v) is 8.45. The normalized spacial score (nSPS) is 11.7. The maximum atomic E-state index is 12.3. The summed E-state index contributed by atoms with van der Waals surface area (Å²) in [6, 6.07) is 10.9. The molecule has 7 heteroatoms. The fourth-order valence-corrected chi connectivity index (χ4v) is 3.24. The van der Waals surface area contributed by atoms with Gasteiger partial charge in [-0.05, 0) is 42.3 Å². The van der Waals surface area contributed by atoms with Gasteiger partial charge in [0.15, 0.2) is 0 Å². The number of fused-ring (bicyclic) bond motifs is 1. The third-order valence-electron chi connectivity index (χ3n) is 3.33. The van der Waals surface area contributed by atoms with Crippen LogP contribution < -0.4 is 10.3 Å². The maximum absolute atomic E-state index is 12.3. The molecular formula is C16H14N2O4S. The lowest BCUT2D eigenvalue weighted by Crippen LogP contribution is -2.26. The molecule has 23 heavy (non-hydrogen) atoms. The Morgan fingerprint density at radius 1 is 1.13 bits per heavy atom. The molecule has 0 saturated carbocycles. The number of hydrogen-bond donors (Lipinski definition) is 1. The highest BCUT2D eigenvalue weighted by Crippen LogP contribution is 2.17. The van der Waals surface area contributed by atoms with E-state index in [9.17, 15) is 13.2 Å². The molecule has 0 fully saturated rings. The molecule has 0 unspecified atom stereocenters. The lowest BCUT2D eigenvalue weighted by Gasteiger charge is -2.07. The fraction of sp³-hybridized carbons (Fsp3) is 0.125. The summed E-state index contributed by atoms with van der Waals surface area (Å²) < 4.78 is 32.2. The Bertz CT molecular complexity index is 982. The fourth-order valence-electron chi connectivity index (χ4n) is 2.18. The minimum absolute atomic E-state index is 0.130. The van der Waals surface area contributed by atoms with Crippen molar-refractivity contribution in [1.29, 1.82) is 0 Å². The Balaban J connectivity index is 1.76. The van der Waals surface area contributed by atoms with Crippen LogP contribution in [0.2, 0.25) is 0 Å². The number of nitrogens with one attached hydrogen (secondary N) is 1. The van der Waals surface area contributed by atoms with E-state index in [1.807, 2.05) is 6.07 Å². The molecule has 118 valence electrons. The van der Waals surface area contributed by atoms with Crippen LogP contribution >= 0.6 is 0 Å². The molecule has 2 aromatic heterocycles. The summed E-state index contributed by atoms with van der Waals surface area (Å²) in [7, 11) is -3.62. The minimum atomic E-state index is -3.62. The summed E-state index contributed by atoms with van der Waals surface area (Å²) in [6.07, 6.45) is 3.92. The number of benzene rings is 1. The Morgan fingerprint density at radius 2 is 2.00 bits per heavy atom. The molecule has 0 spiro atoms. The minimum Gasteiger partial charge on any atom is -0.423 e. The van der Waals surface area contributed by atoms with Crippen LogP contribution in [-0.2, 0) is 16.4 Å². The number of nitrogens with zero attached hydrogens (tertiary/aromatic N) is 1. The van der Waals surface area contributed by atoms with Crippen molar-refractivity contribution in [2.75, 3.05) is 6.54 Å². The van der Waals surface area contributed by atoms with Crippen molar-refractivity contribution in [2.24, 2.45) is 0 Å². The van der Waals surface area contributed by atoms with Crippen molar-refractivity contribution in [2.45, 2.75) is 11.3 Å². The van der Waals surface area contributed by atoms with Crippen molar-refractivity contribution in [3.63, 3.8) is 0 Å². The highest BCUT2D eigenvalue weighted by atomic mass is 32.2. The molecule has 6 nitrogen and oxygen atoms in total. The van der Waals surface area contributed by atoms with E-state index in [4.69, 9.17) is 4.42 Å². The zero-order valence-corrected chi connectivity index (χ0v) is 12.9. The summed E-state index contributed by atoms with van der Waals surface area (Å²) in [4.78, 5) is 15.3. The van der Waals surface area contributed by atoms with Gasteiger partial charge < -0.3 is 4.42 Å². The second-order valence-corrected chi connectivity index (χ2v) is 6.73. The molecule has 3 aromatic rings. The van der Waals surface area contributed by atoms with E-state index in [2.05, 4.69) is 9.71 Å². The second-order valence-electron chi connectivity index (χ2n) is 4.96. The van der Waals surface area contributed by atoms with Gasteiger partial charge in [0.25, 0.3) is 0 Å². The molecule has 0 radical (unpaired) electrons. The van der Waals surface area contributed by atoms with Gasteiger partial charge in [-0.15, -0.1) is 0 Å². The lowest BCUT2D eigenvalue weighted by molar-refractivity contribution is 0.560. The van der Waals surface area contributed by atoms with Gasteiger partial charge in [-0.3, -0.25) is 4.98 Å². The smallest absolute Gasteiger partial charge is 0.336 e. The number of rotatable bonds is 5. The summed E-state index contributed by atoms with van der Waals surface area (Å²) in [5.74, 6) is 0. The number of aromatic nitrogens is 1. The Kier molecular flexibility index (Phi) is 4.22. The third kappa shape index (κ3) is 3.64. The highest BCUT2D eigenvalue weighted by molar-refractivity contribution is 7.89. The van der Waals surface area contributed by atoms with Crippen LogP contribution in [0.1, 0.15) is 5.56 Å². The largest absolute Gasteiger partial charge is 0.423 e. The zero-order chi connectivity index (χ0) is 16.3. The predicted octanol–water partition coefficient (Wildman–Crippen LogP) is 1.71. The van der Waals surface area contributed by atoms with E-state index < -0.39 is 15.6 Å². The van der Waals surface area contributed by atoms with E-state index in [1.165, 1.54) is 30.3 Å². The van der Waals surface area contributed by atoms with Gasteiger partial charge in [-0.1, -0.05) is 6.07 Å². The summed E-state index contributed by atoms with van der Waals surface area (Å²) in [5.41, 5.74) is 0.838. The predicted molar refractivity (Wildman–Crippen MR) is 85.6 cm³/mol. The Labute approximate surface area is 132 Å². The van der Waals surface area contributed by atoms with Crippen molar-refractivity contribution in [1.82, 2.24) is 9.71 Å². The van der Waals surface area contributed by atoms with Gasteiger partial charge in [-0.25, -0.2) is 17.9 Å². The molecule has 1 aromatic carbocycles. The van der Waals surface area contributed by atoms with Gasteiger partial charge in [-0.2, -0.15) is 0 Å². The van der Waals surface area contributed by atoms with Gasteiger partial charge >= 0.3 is 5.63 Å². The second kappa shape index (κ2) is 6.31. The highest BCUT2D eigenvalue weighted by Gasteiger charge is 2.14. The molecule has 0 saturated heterocycles. The van der Waals surface area contributed by atoms with Crippen LogP contribution in [0.25, 0.3) is 11.0 Å². The topological polar surface area (TPSA) is 89.3 Å². The van der Waals surface area contributed by atoms with E-state index >= 15 is 0 Å². The molecule has 2 heterocycles.